The number of ether oxygens (including phenoxy) is 2. The molecule has 5 nitrogen and oxygen atoms in total. The summed E-state index contributed by atoms with van der Waals surface area (Å²) in [6.45, 7) is 3.45. The van der Waals surface area contributed by atoms with Crippen LogP contribution in [-0.2, 0) is 0 Å². The molecule has 0 spiro atoms. The summed E-state index contributed by atoms with van der Waals surface area (Å²) in [6.07, 6.45) is 3.92. The Morgan fingerprint density at radius 1 is 1.35 bits per heavy atom. The normalized spacial score (nSPS) is 18.4. The van der Waals surface area contributed by atoms with Gasteiger partial charge in [-0.1, -0.05) is 24.4 Å². The number of rotatable bonds is 6. The number of pyridine rings is 1. The molecular weight excluding hydrogens is 368 g/mol. The van der Waals surface area contributed by atoms with Crippen LogP contribution in [-0.4, -0.2) is 47.0 Å². The lowest BCUT2D eigenvalue weighted by atomic mass is 10.2. The minimum absolute atomic E-state index is 0.240. The van der Waals surface area contributed by atoms with Gasteiger partial charge in [-0.15, -0.1) is 11.8 Å². The smallest absolute Gasteiger partial charge is 0.161 e. The first-order chi connectivity index (χ1) is 12.6. The largest absolute Gasteiger partial charge is 0.493 e. The summed E-state index contributed by atoms with van der Waals surface area (Å²) in [6, 6.07) is 11.1. The van der Waals surface area contributed by atoms with E-state index in [2.05, 4.69) is 10.3 Å². The molecule has 3 rings (SSSR count). The van der Waals surface area contributed by atoms with Gasteiger partial charge in [0.05, 0.1) is 7.11 Å². The number of benzene rings is 1. The topological polar surface area (TPSA) is 60.5 Å². The zero-order chi connectivity index (χ0) is 18.8. The Labute approximate surface area is 163 Å². The quantitative estimate of drug-likeness (QED) is 0.599. The molecular formula is C19H22N2O3S2. The molecule has 1 saturated heterocycles. The molecule has 26 heavy (non-hydrogen) atoms. The number of hydrogen-bond acceptors (Lipinski definition) is 7. The number of nitrogens with one attached hydrogen (secondary N) is 1. The van der Waals surface area contributed by atoms with Gasteiger partial charge in [0.2, 0.25) is 0 Å². The highest BCUT2D eigenvalue weighted by atomic mass is 32.2. The Morgan fingerprint density at radius 3 is 2.62 bits per heavy atom. The lowest BCUT2D eigenvalue weighted by molar-refractivity contribution is 0.112. The maximum atomic E-state index is 9.97. The molecule has 1 aromatic carbocycles. The molecule has 0 aliphatic carbocycles. The average Bonchev–Trinajstić information content (AvgIpc) is 3.18. The van der Waals surface area contributed by atoms with Crippen molar-refractivity contribution >= 4 is 35.1 Å². The first kappa shape index (κ1) is 20.4. The molecule has 1 unspecified atom stereocenters. The molecule has 138 valence electrons. The monoisotopic (exact) mass is 390 g/mol. The number of nitrogens with zero attached hydrogens (tertiary/aromatic N) is 1. The van der Waals surface area contributed by atoms with Gasteiger partial charge in [0.1, 0.15) is 11.5 Å². The van der Waals surface area contributed by atoms with E-state index in [0.717, 1.165) is 34.9 Å². The number of carbonyl (C=O) groups excluding carboxylic acids is 1. The molecule has 0 amide bonds. The molecule has 0 bridgehead atoms. The van der Waals surface area contributed by atoms with Crippen molar-refractivity contribution in [3.63, 3.8) is 0 Å². The molecule has 1 aliphatic heterocycles. The van der Waals surface area contributed by atoms with Crippen LogP contribution in [0.2, 0.25) is 0 Å². The minimum atomic E-state index is -0.240. The minimum Gasteiger partial charge on any atom is -0.493 e. The number of aldehydes is 1. The van der Waals surface area contributed by atoms with Gasteiger partial charge in [-0.05, 0) is 31.2 Å². The summed E-state index contributed by atoms with van der Waals surface area (Å²) in [7, 11) is 1.64. The van der Waals surface area contributed by atoms with Crippen molar-refractivity contribution in [2.45, 2.75) is 11.8 Å². The summed E-state index contributed by atoms with van der Waals surface area (Å²) >= 11 is 7.16. The van der Waals surface area contributed by atoms with Crippen LogP contribution < -0.4 is 14.8 Å². The second-order valence-electron chi connectivity index (χ2n) is 5.50. The van der Waals surface area contributed by atoms with Gasteiger partial charge in [0.15, 0.2) is 17.8 Å². The van der Waals surface area contributed by atoms with Crippen molar-refractivity contribution in [1.29, 1.82) is 0 Å². The molecule has 1 fully saturated rings. The van der Waals surface area contributed by atoms with E-state index < -0.39 is 0 Å². The Morgan fingerprint density at radius 2 is 2.12 bits per heavy atom. The molecule has 0 saturated carbocycles. The fraction of sp³-hybridized carbons (Fsp3) is 0.316. The lowest BCUT2D eigenvalue weighted by Gasteiger charge is -2.28. The second-order valence-corrected chi connectivity index (χ2v) is 7.51. The number of methoxy groups -OCH3 is 1. The summed E-state index contributed by atoms with van der Waals surface area (Å²) in [5.74, 6) is 2.56. The predicted molar refractivity (Wildman–Crippen MR) is 110 cm³/mol. The van der Waals surface area contributed by atoms with Crippen molar-refractivity contribution in [3.05, 3.63) is 54.4 Å². The van der Waals surface area contributed by atoms with Crippen LogP contribution in [0.5, 0.6) is 11.5 Å². The lowest BCUT2D eigenvalue weighted by Crippen LogP contribution is -2.48. The summed E-state index contributed by atoms with van der Waals surface area (Å²) in [5.41, 5.74) is 0.618. The predicted octanol–water partition coefficient (Wildman–Crippen LogP) is 3.39. The van der Waals surface area contributed by atoms with Gasteiger partial charge in [-0.2, -0.15) is 0 Å². The molecule has 7 heteroatoms. The van der Waals surface area contributed by atoms with Crippen molar-refractivity contribution in [2.75, 3.05) is 26.0 Å². The van der Waals surface area contributed by atoms with E-state index in [1.54, 1.807) is 25.4 Å². The first-order valence-corrected chi connectivity index (χ1v) is 9.52. The van der Waals surface area contributed by atoms with E-state index in [9.17, 15) is 4.79 Å². The Bertz CT molecular complexity index is 720. The summed E-state index contributed by atoms with van der Waals surface area (Å²) in [4.78, 5) is 14.4. The first-order valence-electron chi connectivity index (χ1n) is 8.12. The summed E-state index contributed by atoms with van der Waals surface area (Å²) < 4.78 is 11.1. The molecule has 0 radical (unpaired) electrons. The van der Waals surface area contributed by atoms with Crippen LogP contribution in [0.25, 0.3) is 0 Å². The van der Waals surface area contributed by atoms with Gasteiger partial charge in [0, 0.05) is 35.1 Å². The molecule has 1 N–H and O–H groups in total. The van der Waals surface area contributed by atoms with Gasteiger partial charge < -0.3 is 9.47 Å². The molecule has 2 heterocycles. The average molecular weight is 391 g/mol. The van der Waals surface area contributed by atoms with E-state index in [0.29, 0.717) is 12.2 Å². The highest BCUT2D eigenvalue weighted by Crippen LogP contribution is 2.32. The third-order valence-electron chi connectivity index (χ3n) is 3.75. The van der Waals surface area contributed by atoms with Crippen molar-refractivity contribution in [3.8, 4) is 11.5 Å². The third kappa shape index (κ3) is 5.52. The van der Waals surface area contributed by atoms with E-state index in [4.69, 9.17) is 21.7 Å². The number of thioether (sulfide) groups is 1. The number of para-hydroxylation sites is 2. The zero-order valence-electron chi connectivity index (χ0n) is 14.8. The Balaban J connectivity index is 0.000000254. The maximum Gasteiger partial charge on any atom is 0.161 e. The summed E-state index contributed by atoms with van der Waals surface area (Å²) in [5, 5.41) is 3.43. The van der Waals surface area contributed by atoms with Crippen LogP contribution in [0.15, 0.2) is 48.8 Å². The van der Waals surface area contributed by atoms with Gasteiger partial charge >= 0.3 is 0 Å². The Hall–Kier alpha value is -1.96. The zero-order valence-corrected chi connectivity index (χ0v) is 16.4. The van der Waals surface area contributed by atoms with Crippen molar-refractivity contribution in [2.24, 2.45) is 0 Å². The van der Waals surface area contributed by atoms with Crippen molar-refractivity contribution < 1.29 is 14.3 Å². The number of thiocarbonyl (C=S) groups is 1. The van der Waals surface area contributed by atoms with Crippen molar-refractivity contribution in [1.82, 2.24) is 10.3 Å². The van der Waals surface area contributed by atoms with Crippen LogP contribution in [0.4, 0.5) is 0 Å². The van der Waals surface area contributed by atoms with E-state index in [-0.39, 0.29) is 4.87 Å². The Kier molecular flexibility index (Phi) is 8.03. The highest BCUT2D eigenvalue weighted by Gasteiger charge is 2.37. The number of carbonyl (C=O) groups is 1. The van der Waals surface area contributed by atoms with Gasteiger partial charge in [-0.25, -0.2) is 0 Å². The third-order valence-corrected chi connectivity index (χ3v) is 5.70. The fourth-order valence-electron chi connectivity index (χ4n) is 2.31. The van der Waals surface area contributed by atoms with Gasteiger partial charge in [-0.3, -0.25) is 15.1 Å². The van der Waals surface area contributed by atoms with Gasteiger partial charge in [0.25, 0.3) is 0 Å². The molecule has 1 aliphatic rings. The maximum absolute atomic E-state index is 9.97. The van der Waals surface area contributed by atoms with Crippen LogP contribution in [0.1, 0.15) is 17.3 Å². The van der Waals surface area contributed by atoms with E-state index in [1.165, 1.54) is 6.20 Å². The number of hydrogen-bond donors (Lipinski definition) is 1. The fourth-order valence-corrected chi connectivity index (χ4v) is 3.72. The van der Waals surface area contributed by atoms with Crippen LogP contribution in [0, 0.1) is 0 Å². The molecule has 1 atom stereocenters. The van der Waals surface area contributed by atoms with Crippen LogP contribution in [0.3, 0.4) is 0 Å². The highest BCUT2D eigenvalue weighted by molar-refractivity contribution is 8.02. The van der Waals surface area contributed by atoms with E-state index in [1.807, 2.05) is 43.0 Å². The number of aromatic nitrogens is 1. The standard InChI is InChI=1S/C13H17NO2S2.C6H5NO/c1-10(17)13(14-7-8-18-13)9-16-12-6-4-3-5-11(12)15-2;8-5-6-2-1-3-7-4-6/h3-6,14H,7-9H2,1-2H3;1-5H. The SMILES string of the molecule is COc1ccccc1OCC1(C(C)=S)NCCS1.O=Cc1cccnc1. The van der Waals surface area contributed by atoms with E-state index >= 15 is 0 Å². The molecule has 2 aromatic rings. The van der Waals surface area contributed by atoms with Crippen LogP contribution >= 0.6 is 24.0 Å². The molecule has 1 aromatic heterocycles. The second kappa shape index (κ2) is 10.3.